The van der Waals surface area contributed by atoms with Crippen molar-refractivity contribution in [3.63, 3.8) is 0 Å². The standard InChI is InChI=1S/C16H24N2O5/c1-16(2,3)23-15(22)18-13(14(20)21)10-11-4-6-12(7-5-11)17-8-9-19/h4-7,13,17,19H,8-10H2,1-3H3,(H,18,22)(H,20,21). The molecule has 0 aliphatic heterocycles. The Morgan fingerprint density at radius 1 is 1.22 bits per heavy atom. The Hall–Kier alpha value is -2.28. The normalized spacial score (nSPS) is 12.3. The maximum Gasteiger partial charge on any atom is 0.408 e. The van der Waals surface area contributed by atoms with E-state index in [-0.39, 0.29) is 13.0 Å². The predicted molar refractivity (Wildman–Crippen MR) is 86.5 cm³/mol. The van der Waals surface area contributed by atoms with Crippen LogP contribution < -0.4 is 10.6 Å². The number of hydrogen-bond acceptors (Lipinski definition) is 5. The first-order chi connectivity index (χ1) is 10.7. The van der Waals surface area contributed by atoms with Crippen LogP contribution in [0.5, 0.6) is 0 Å². The van der Waals surface area contributed by atoms with Gasteiger partial charge in [0.15, 0.2) is 0 Å². The number of alkyl carbamates (subject to hydrolysis) is 1. The van der Waals surface area contributed by atoms with Gasteiger partial charge >= 0.3 is 12.1 Å². The first-order valence-electron chi connectivity index (χ1n) is 7.37. The second kappa shape index (κ2) is 8.38. The van der Waals surface area contributed by atoms with Crippen LogP contribution in [-0.2, 0) is 16.0 Å². The monoisotopic (exact) mass is 324 g/mol. The molecule has 1 rings (SSSR count). The van der Waals surface area contributed by atoms with Crippen molar-refractivity contribution in [2.45, 2.75) is 38.8 Å². The first kappa shape index (κ1) is 18.8. The van der Waals surface area contributed by atoms with Gasteiger partial charge in [-0.15, -0.1) is 0 Å². The highest BCUT2D eigenvalue weighted by molar-refractivity contribution is 5.80. The number of carbonyl (C=O) groups excluding carboxylic acids is 1. The third-order valence-electron chi connectivity index (χ3n) is 2.82. The lowest BCUT2D eigenvalue weighted by Crippen LogP contribution is -2.44. The van der Waals surface area contributed by atoms with Gasteiger partial charge in [0.1, 0.15) is 11.6 Å². The molecule has 0 saturated heterocycles. The van der Waals surface area contributed by atoms with Crippen molar-refractivity contribution in [3.05, 3.63) is 29.8 Å². The summed E-state index contributed by atoms with van der Waals surface area (Å²) in [5, 5.41) is 23.3. The molecule has 0 heterocycles. The van der Waals surface area contributed by atoms with E-state index in [9.17, 15) is 14.7 Å². The molecule has 0 spiro atoms. The Morgan fingerprint density at radius 3 is 2.30 bits per heavy atom. The summed E-state index contributed by atoms with van der Waals surface area (Å²) < 4.78 is 5.07. The summed E-state index contributed by atoms with van der Waals surface area (Å²) in [6.07, 6.45) is -0.611. The summed E-state index contributed by atoms with van der Waals surface area (Å²) in [4.78, 5) is 23.0. The van der Waals surface area contributed by atoms with Crippen molar-refractivity contribution in [1.29, 1.82) is 0 Å². The Bertz CT molecular complexity index is 522. The van der Waals surface area contributed by atoms with Crippen LogP contribution in [0.4, 0.5) is 10.5 Å². The second-order valence-corrected chi connectivity index (χ2v) is 6.09. The van der Waals surface area contributed by atoms with Gasteiger partial charge in [-0.2, -0.15) is 0 Å². The minimum atomic E-state index is -1.13. The van der Waals surface area contributed by atoms with E-state index in [1.165, 1.54) is 0 Å². The van der Waals surface area contributed by atoms with Gasteiger partial charge in [-0.1, -0.05) is 12.1 Å². The smallest absolute Gasteiger partial charge is 0.408 e. The average molecular weight is 324 g/mol. The Morgan fingerprint density at radius 2 is 1.83 bits per heavy atom. The molecule has 0 bridgehead atoms. The molecule has 0 aliphatic carbocycles. The molecule has 1 aromatic rings. The molecule has 128 valence electrons. The van der Waals surface area contributed by atoms with Crippen LogP contribution >= 0.6 is 0 Å². The summed E-state index contributed by atoms with van der Waals surface area (Å²) in [5.41, 5.74) is 0.908. The third-order valence-corrected chi connectivity index (χ3v) is 2.82. The van der Waals surface area contributed by atoms with Crippen molar-refractivity contribution in [2.75, 3.05) is 18.5 Å². The van der Waals surface area contributed by atoms with Gasteiger partial charge in [-0.05, 0) is 38.5 Å². The SMILES string of the molecule is CC(C)(C)OC(=O)NC(Cc1ccc(NCCO)cc1)C(=O)O. The third kappa shape index (κ3) is 7.51. The number of carboxylic acids is 1. The molecule has 1 amide bonds. The second-order valence-electron chi connectivity index (χ2n) is 6.09. The molecule has 4 N–H and O–H groups in total. The molecule has 23 heavy (non-hydrogen) atoms. The number of aliphatic hydroxyl groups excluding tert-OH is 1. The minimum absolute atomic E-state index is 0.0304. The number of benzene rings is 1. The molecule has 0 aromatic heterocycles. The van der Waals surface area contributed by atoms with Crippen LogP contribution in [0.2, 0.25) is 0 Å². The van der Waals surface area contributed by atoms with Gasteiger partial charge in [0.25, 0.3) is 0 Å². The van der Waals surface area contributed by atoms with E-state index in [4.69, 9.17) is 9.84 Å². The Balaban J connectivity index is 2.65. The van der Waals surface area contributed by atoms with Crippen LogP contribution in [0, 0.1) is 0 Å². The van der Waals surface area contributed by atoms with E-state index in [2.05, 4.69) is 10.6 Å². The lowest BCUT2D eigenvalue weighted by atomic mass is 10.1. The predicted octanol–water partition coefficient (Wildman–Crippen LogP) is 1.61. The van der Waals surface area contributed by atoms with Gasteiger partial charge in [0.2, 0.25) is 0 Å². The number of rotatable bonds is 7. The number of carboxylic acid groups (broad SMARTS) is 1. The van der Waals surface area contributed by atoms with Crippen LogP contribution in [-0.4, -0.2) is 47.1 Å². The van der Waals surface area contributed by atoms with Crippen LogP contribution in [0.25, 0.3) is 0 Å². The van der Waals surface area contributed by atoms with Gasteiger partial charge in [0, 0.05) is 18.7 Å². The number of anilines is 1. The molecule has 1 aromatic carbocycles. The maximum absolute atomic E-state index is 11.7. The topological polar surface area (TPSA) is 108 Å². The number of ether oxygens (including phenoxy) is 1. The molecule has 1 unspecified atom stereocenters. The molecular weight excluding hydrogens is 300 g/mol. The van der Waals surface area contributed by atoms with E-state index >= 15 is 0 Å². The number of nitrogens with one attached hydrogen (secondary N) is 2. The first-order valence-corrected chi connectivity index (χ1v) is 7.37. The fourth-order valence-corrected chi connectivity index (χ4v) is 1.84. The van der Waals surface area contributed by atoms with Crippen molar-refractivity contribution in [1.82, 2.24) is 5.32 Å². The summed E-state index contributed by atoms with van der Waals surface area (Å²) in [7, 11) is 0. The highest BCUT2D eigenvalue weighted by Gasteiger charge is 2.24. The van der Waals surface area contributed by atoms with Gasteiger partial charge in [0.05, 0.1) is 6.61 Å². The highest BCUT2D eigenvalue weighted by Crippen LogP contribution is 2.12. The van der Waals surface area contributed by atoms with E-state index in [0.29, 0.717) is 6.54 Å². The fourth-order valence-electron chi connectivity index (χ4n) is 1.84. The quantitative estimate of drug-likeness (QED) is 0.607. The fraction of sp³-hybridized carbons (Fsp3) is 0.500. The van der Waals surface area contributed by atoms with E-state index in [1.54, 1.807) is 45.0 Å². The molecule has 0 fully saturated rings. The molecule has 0 aliphatic rings. The molecule has 1 atom stereocenters. The lowest BCUT2D eigenvalue weighted by Gasteiger charge is -2.22. The molecule has 7 heteroatoms. The Kier molecular flexibility index (Phi) is 6.84. The number of amides is 1. The van der Waals surface area contributed by atoms with Crippen molar-refractivity contribution >= 4 is 17.7 Å². The highest BCUT2D eigenvalue weighted by atomic mass is 16.6. The summed E-state index contributed by atoms with van der Waals surface area (Å²) >= 11 is 0. The summed E-state index contributed by atoms with van der Waals surface area (Å²) in [5.74, 6) is -1.13. The number of hydrogen-bond donors (Lipinski definition) is 4. The lowest BCUT2D eigenvalue weighted by molar-refractivity contribution is -0.139. The molecule has 7 nitrogen and oxygen atoms in total. The largest absolute Gasteiger partial charge is 0.480 e. The van der Waals surface area contributed by atoms with Gasteiger partial charge in [-0.25, -0.2) is 9.59 Å². The molecular formula is C16H24N2O5. The number of aliphatic carboxylic acids is 1. The van der Waals surface area contributed by atoms with Gasteiger partial charge < -0.3 is 25.6 Å². The van der Waals surface area contributed by atoms with E-state index in [1.807, 2.05) is 0 Å². The van der Waals surface area contributed by atoms with Crippen molar-refractivity contribution in [2.24, 2.45) is 0 Å². The van der Waals surface area contributed by atoms with E-state index in [0.717, 1.165) is 11.3 Å². The van der Waals surface area contributed by atoms with Crippen molar-refractivity contribution < 1.29 is 24.5 Å². The van der Waals surface area contributed by atoms with Crippen LogP contribution in [0.3, 0.4) is 0 Å². The van der Waals surface area contributed by atoms with Crippen LogP contribution in [0.1, 0.15) is 26.3 Å². The minimum Gasteiger partial charge on any atom is -0.480 e. The zero-order chi connectivity index (χ0) is 17.5. The van der Waals surface area contributed by atoms with Crippen LogP contribution in [0.15, 0.2) is 24.3 Å². The molecule has 0 radical (unpaired) electrons. The zero-order valence-electron chi connectivity index (χ0n) is 13.6. The zero-order valence-corrected chi connectivity index (χ0v) is 13.6. The van der Waals surface area contributed by atoms with E-state index < -0.39 is 23.7 Å². The van der Waals surface area contributed by atoms with Crippen molar-refractivity contribution in [3.8, 4) is 0 Å². The number of aliphatic hydroxyl groups is 1. The summed E-state index contributed by atoms with van der Waals surface area (Å²) in [6.45, 7) is 5.60. The summed E-state index contributed by atoms with van der Waals surface area (Å²) in [6, 6.07) is 6.05. The maximum atomic E-state index is 11.7. The number of carbonyl (C=O) groups is 2. The Labute approximate surface area is 135 Å². The van der Waals surface area contributed by atoms with Gasteiger partial charge in [-0.3, -0.25) is 0 Å². The molecule has 0 saturated carbocycles. The average Bonchev–Trinajstić information content (AvgIpc) is 2.43.